The third kappa shape index (κ3) is 3.82. The zero-order valence-electron chi connectivity index (χ0n) is 14.0. The van der Waals surface area contributed by atoms with Crippen molar-refractivity contribution >= 4 is 5.91 Å². The van der Waals surface area contributed by atoms with Gasteiger partial charge in [-0.25, -0.2) is 4.39 Å². The molecule has 0 radical (unpaired) electrons. The summed E-state index contributed by atoms with van der Waals surface area (Å²) in [5, 5.41) is 4.25. The molecular formula is C18H22FN3O2. The van der Waals surface area contributed by atoms with Crippen LogP contribution in [0.25, 0.3) is 0 Å². The number of hydrogen-bond acceptors (Lipinski definition) is 3. The summed E-state index contributed by atoms with van der Waals surface area (Å²) >= 11 is 0. The van der Waals surface area contributed by atoms with Gasteiger partial charge in [0.25, 0.3) is 5.91 Å². The number of aromatic nitrogens is 2. The van der Waals surface area contributed by atoms with E-state index in [2.05, 4.69) is 18.9 Å². The van der Waals surface area contributed by atoms with Crippen LogP contribution < -0.4 is 0 Å². The predicted molar refractivity (Wildman–Crippen MR) is 88.1 cm³/mol. The number of halogens is 1. The van der Waals surface area contributed by atoms with E-state index in [4.69, 9.17) is 4.74 Å². The molecule has 1 aliphatic heterocycles. The predicted octanol–water partition coefficient (Wildman–Crippen LogP) is 2.89. The Morgan fingerprint density at radius 1 is 1.46 bits per heavy atom. The van der Waals surface area contributed by atoms with Gasteiger partial charge < -0.3 is 9.64 Å². The van der Waals surface area contributed by atoms with E-state index in [1.807, 2.05) is 6.07 Å². The average Bonchev–Trinajstić information content (AvgIpc) is 3.02. The van der Waals surface area contributed by atoms with Gasteiger partial charge in [-0.1, -0.05) is 26.0 Å². The number of rotatable bonds is 4. The Labute approximate surface area is 141 Å². The lowest BCUT2D eigenvalue weighted by molar-refractivity contribution is -0.0229. The number of carbonyl (C=O) groups is 1. The molecule has 1 aromatic heterocycles. The average molecular weight is 331 g/mol. The maximum absolute atomic E-state index is 13.4. The monoisotopic (exact) mass is 331 g/mol. The Hall–Kier alpha value is -2.21. The van der Waals surface area contributed by atoms with E-state index >= 15 is 0 Å². The number of amides is 1. The van der Waals surface area contributed by atoms with E-state index in [0.717, 1.165) is 12.1 Å². The van der Waals surface area contributed by atoms with E-state index < -0.39 is 0 Å². The van der Waals surface area contributed by atoms with Crippen LogP contribution in [-0.4, -0.2) is 40.3 Å². The molecule has 0 bridgehead atoms. The third-order valence-electron chi connectivity index (χ3n) is 4.01. The molecule has 5 nitrogen and oxygen atoms in total. The Morgan fingerprint density at radius 3 is 3.04 bits per heavy atom. The Morgan fingerprint density at radius 2 is 2.29 bits per heavy atom. The van der Waals surface area contributed by atoms with Crippen molar-refractivity contribution in [1.82, 2.24) is 14.7 Å². The molecular weight excluding hydrogens is 309 g/mol. The molecule has 2 aromatic rings. The van der Waals surface area contributed by atoms with Gasteiger partial charge in [0.15, 0.2) is 0 Å². The van der Waals surface area contributed by atoms with Crippen LogP contribution in [0.4, 0.5) is 4.39 Å². The molecule has 24 heavy (non-hydrogen) atoms. The van der Waals surface area contributed by atoms with Crippen LogP contribution in [0.1, 0.15) is 35.9 Å². The first-order chi connectivity index (χ1) is 11.5. The minimum atomic E-state index is -0.302. The molecule has 1 saturated heterocycles. The van der Waals surface area contributed by atoms with Gasteiger partial charge in [-0.15, -0.1) is 0 Å². The summed E-state index contributed by atoms with van der Waals surface area (Å²) in [7, 11) is 0. The second-order valence-corrected chi connectivity index (χ2v) is 6.51. The number of carbonyl (C=O) groups excluding carboxylic acids is 1. The molecule has 1 atom stereocenters. The van der Waals surface area contributed by atoms with Crippen molar-refractivity contribution in [3.05, 3.63) is 53.6 Å². The summed E-state index contributed by atoms with van der Waals surface area (Å²) in [5.41, 5.74) is 1.33. The van der Waals surface area contributed by atoms with E-state index in [0.29, 0.717) is 31.2 Å². The molecule has 0 N–H and O–H groups in total. The van der Waals surface area contributed by atoms with Crippen LogP contribution in [0, 0.1) is 11.7 Å². The molecule has 1 unspecified atom stereocenters. The molecule has 1 aliphatic rings. The lowest BCUT2D eigenvalue weighted by Gasteiger charge is -2.33. The zero-order valence-corrected chi connectivity index (χ0v) is 14.0. The lowest BCUT2D eigenvalue weighted by Crippen LogP contribution is -2.42. The van der Waals surface area contributed by atoms with Gasteiger partial charge in [-0.05, 0) is 23.6 Å². The summed E-state index contributed by atoms with van der Waals surface area (Å²) in [6.45, 7) is 6.37. The van der Waals surface area contributed by atoms with Crippen molar-refractivity contribution in [2.45, 2.75) is 26.5 Å². The van der Waals surface area contributed by atoms with Crippen molar-refractivity contribution in [1.29, 1.82) is 0 Å². The minimum Gasteiger partial charge on any atom is -0.370 e. The van der Waals surface area contributed by atoms with Gasteiger partial charge in [0.1, 0.15) is 11.9 Å². The second-order valence-electron chi connectivity index (χ2n) is 6.51. The Kier molecular flexibility index (Phi) is 4.94. The zero-order chi connectivity index (χ0) is 17.1. The number of benzene rings is 1. The van der Waals surface area contributed by atoms with Crippen molar-refractivity contribution in [2.24, 2.45) is 5.92 Å². The SMILES string of the molecule is CC(C)Cn1cc(C(=O)N2CCOC(c3cccc(F)c3)C2)cn1. The van der Waals surface area contributed by atoms with Gasteiger partial charge in [0.2, 0.25) is 0 Å². The molecule has 0 saturated carbocycles. The fourth-order valence-corrected chi connectivity index (χ4v) is 2.87. The van der Waals surface area contributed by atoms with Crippen molar-refractivity contribution in [3.63, 3.8) is 0 Å². The summed E-state index contributed by atoms with van der Waals surface area (Å²) in [5.74, 6) is 0.109. The third-order valence-corrected chi connectivity index (χ3v) is 4.01. The summed E-state index contributed by atoms with van der Waals surface area (Å²) in [4.78, 5) is 14.4. The lowest BCUT2D eigenvalue weighted by atomic mass is 10.1. The van der Waals surface area contributed by atoms with Crippen LogP contribution in [0.5, 0.6) is 0 Å². The summed E-state index contributed by atoms with van der Waals surface area (Å²) in [6, 6.07) is 6.34. The largest absolute Gasteiger partial charge is 0.370 e. The molecule has 3 rings (SSSR count). The summed E-state index contributed by atoms with van der Waals surface area (Å²) in [6.07, 6.45) is 3.09. The molecule has 0 aliphatic carbocycles. The Bertz CT molecular complexity index is 714. The van der Waals surface area contributed by atoms with E-state index in [1.165, 1.54) is 12.1 Å². The highest BCUT2D eigenvalue weighted by Crippen LogP contribution is 2.23. The quantitative estimate of drug-likeness (QED) is 0.865. The number of ether oxygens (including phenoxy) is 1. The van der Waals surface area contributed by atoms with Crippen LogP contribution in [-0.2, 0) is 11.3 Å². The highest BCUT2D eigenvalue weighted by molar-refractivity contribution is 5.93. The van der Waals surface area contributed by atoms with Gasteiger partial charge in [0.05, 0.1) is 24.9 Å². The van der Waals surface area contributed by atoms with Crippen LogP contribution in [0.2, 0.25) is 0 Å². The molecule has 128 valence electrons. The van der Waals surface area contributed by atoms with Crippen molar-refractivity contribution in [2.75, 3.05) is 19.7 Å². The normalized spacial score (nSPS) is 18.2. The van der Waals surface area contributed by atoms with E-state index in [9.17, 15) is 9.18 Å². The van der Waals surface area contributed by atoms with Gasteiger partial charge in [-0.2, -0.15) is 5.10 Å². The van der Waals surface area contributed by atoms with E-state index in [-0.39, 0.29) is 17.8 Å². The van der Waals surface area contributed by atoms with Crippen LogP contribution in [0.15, 0.2) is 36.7 Å². The first kappa shape index (κ1) is 16.6. The van der Waals surface area contributed by atoms with Crippen LogP contribution >= 0.6 is 0 Å². The van der Waals surface area contributed by atoms with Crippen molar-refractivity contribution in [3.8, 4) is 0 Å². The Balaban J connectivity index is 1.70. The minimum absolute atomic E-state index is 0.0605. The maximum atomic E-state index is 13.4. The molecule has 2 heterocycles. The number of morpholine rings is 1. The molecule has 1 fully saturated rings. The molecule has 0 spiro atoms. The smallest absolute Gasteiger partial charge is 0.257 e. The van der Waals surface area contributed by atoms with E-state index in [1.54, 1.807) is 28.0 Å². The maximum Gasteiger partial charge on any atom is 0.257 e. The van der Waals surface area contributed by atoms with Crippen LogP contribution in [0.3, 0.4) is 0 Å². The van der Waals surface area contributed by atoms with Crippen molar-refractivity contribution < 1.29 is 13.9 Å². The van der Waals surface area contributed by atoms with Gasteiger partial charge in [-0.3, -0.25) is 9.48 Å². The van der Waals surface area contributed by atoms with Gasteiger partial charge in [0, 0.05) is 19.3 Å². The fraction of sp³-hybridized carbons (Fsp3) is 0.444. The molecule has 6 heteroatoms. The highest BCUT2D eigenvalue weighted by Gasteiger charge is 2.27. The fourth-order valence-electron chi connectivity index (χ4n) is 2.87. The topological polar surface area (TPSA) is 47.4 Å². The number of nitrogens with zero attached hydrogens (tertiary/aromatic N) is 3. The summed E-state index contributed by atoms with van der Waals surface area (Å²) < 4.78 is 20.9. The first-order valence-corrected chi connectivity index (χ1v) is 8.21. The number of hydrogen-bond donors (Lipinski definition) is 0. The highest BCUT2D eigenvalue weighted by atomic mass is 19.1. The first-order valence-electron chi connectivity index (χ1n) is 8.21. The van der Waals surface area contributed by atoms with Gasteiger partial charge >= 0.3 is 0 Å². The molecule has 1 amide bonds. The second kappa shape index (κ2) is 7.13. The molecule has 1 aromatic carbocycles. The standard InChI is InChI=1S/C18H22FN3O2/c1-13(2)10-22-11-15(9-20-22)18(23)21-6-7-24-17(12-21)14-4-3-5-16(19)8-14/h3-5,8-9,11,13,17H,6-7,10,12H2,1-2H3.